The second-order valence-corrected chi connectivity index (χ2v) is 7.67. The first kappa shape index (κ1) is 28.1. The lowest BCUT2D eigenvalue weighted by atomic mass is 10.1. The Labute approximate surface area is 183 Å². The minimum Gasteiger partial charge on any atom is -0.481 e. The smallest absolute Gasteiger partial charge is 0.325 e. The van der Waals surface area contributed by atoms with Crippen LogP contribution in [0, 0.1) is 0 Å². The van der Waals surface area contributed by atoms with E-state index in [1.54, 1.807) is 6.26 Å². The largest absolute Gasteiger partial charge is 0.481 e. The molecule has 0 rings (SSSR count). The number of rotatable bonds is 15. The van der Waals surface area contributed by atoms with Crippen molar-refractivity contribution in [2.75, 3.05) is 12.0 Å². The summed E-state index contributed by atoms with van der Waals surface area (Å²) in [6, 6.07) is -5.06. The van der Waals surface area contributed by atoms with Crippen LogP contribution >= 0.6 is 11.8 Å². The van der Waals surface area contributed by atoms with Gasteiger partial charge in [-0.25, -0.2) is 0 Å². The van der Waals surface area contributed by atoms with Gasteiger partial charge in [0.2, 0.25) is 23.6 Å². The number of aliphatic carboxylic acids is 2. The predicted molar refractivity (Wildman–Crippen MR) is 111 cm³/mol. The van der Waals surface area contributed by atoms with E-state index in [-0.39, 0.29) is 19.3 Å². The van der Waals surface area contributed by atoms with E-state index in [1.807, 2.05) is 0 Å². The van der Waals surface area contributed by atoms with E-state index >= 15 is 0 Å². The molecule has 31 heavy (non-hydrogen) atoms. The Balaban J connectivity index is 5.36. The number of thioether (sulfide) groups is 1. The lowest BCUT2D eigenvalue weighted by Crippen LogP contribution is -2.57. The first-order valence-corrected chi connectivity index (χ1v) is 10.7. The SMILES string of the molecule is CSCCC(NC(=O)C(N)CC(=O)O)C(=O)NC(CCC(N)=O)C(=O)NC(C)C(=O)O. The fourth-order valence-corrected chi connectivity index (χ4v) is 2.74. The molecule has 0 aromatic carbocycles. The molecule has 0 aliphatic rings. The molecule has 0 bridgehead atoms. The molecule has 4 amide bonds. The van der Waals surface area contributed by atoms with Crippen molar-refractivity contribution in [3.8, 4) is 0 Å². The minimum absolute atomic E-state index is 0.147. The van der Waals surface area contributed by atoms with Crippen molar-refractivity contribution in [3.63, 3.8) is 0 Å². The number of carboxylic acid groups (broad SMARTS) is 2. The second kappa shape index (κ2) is 14.2. The van der Waals surface area contributed by atoms with Crippen molar-refractivity contribution in [1.29, 1.82) is 0 Å². The number of hydrogen-bond acceptors (Lipinski definition) is 8. The summed E-state index contributed by atoms with van der Waals surface area (Å²) < 4.78 is 0. The monoisotopic (exact) mass is 463 g/mol. The van der Waals surface area contributed by atoms with E-state index < -0.39 is 66.2 Å². The number of nitrogens with one attached hydrogen (secondary N) is 3. The summed E-state index contributed by atoms with van der Waals surface area (Å²) in [5.41, 5.74) is 10.6. The molecule has 176 valence electrons. The van der Waals surface area contributed by atoms with Crippen molar-refractivity contribution in [2.45, 2.75) is 56.8 Å². The van der Waals surface area contributed by atoms with Gasteiger partial charge in [0.25, 0.3) is 0 Å². The molecule has 0 aromatic heterocycles. The van der Waals surface area contributed by atoms with Crippen LogP contribution < -0.4 is 27.4 Å². The predicted octanol–water partition coefficient (Wildman–Crippen LogP) is -2.63. The maximum atomic E-state index is 12.7. The highest BCUT2D eigenvalue weighted by Gasteiger charge is 2.29. The molecule has 4 atom stereocenters. The summed E-state index contributed by atoms with van der Waals surface area (Å²) in [6.07, 6.45) is 0.823. The van der Waals surface area contributed by atoms with Crippen LogP contribution in [0.5, 0.6) is 0 Å². The number of primary amides is 1. The molecule has 4 unspecified atom stereocenters. The van der Waals surface area contributed by atoms with Crippen LogP contribution in [-0.2, 0) is 28.8 Å². The molecule has 0 aliphatic carbocycles. The highest BCUT2D eigenvalue weighted by atomic mass is 32.2. The van der Waals surface area contributed by atoms with E-state index in [0.29, 0.717) is 5.75 Å². The quantitative estimate of drug-likeness (QED) is 0.133. The van der Waals surface area contributed by atoms with Crippen molar-refractivity contribution < 1.29 is 39.0 Å². The molecule has 0 spiro atoms. The van der Waals surface area contributed by atoms with Crippen LogP contribution in [0.2, 0.25) is 0 Å². The van der Waals surface area contributed by atoms with Crippen LogP contribution in [0.1, 0.15) is 32.6 Å². The third kappa shape index (κ3) is 11.8. The van der Waals surface area contributed by atoms with Crippen molar-refractivity contribution in [3.05, 3.63) is 0 Å². The molecule has 0 saturated heterocycles. The molecule has 0 saturated carbocycles. The molecular formula is C17H29N5O8S. The first-order chi connectivity index (χ1) is 14.4. The lowest BCUT2D eigenvalue weighted by molar-refractivity contribution is -0.142. The zero-order chi connectivity index (χ0) is 24.1. The van der Waals surface area contributed by atoms with Crippen LogP contribution in [0.15, 0.2) is 0 Å². The van der Waals surface area contributed by atoms with Gasteiger partial charge in [0.15, 0.2) is 0 Å². The second-order valence-electron chi connectivity index (χ2n) is 6.68. The van der Waals surface area contributed by atoms with Gasteiger partial charge in [-0.05, 0) is 31.8 Å². The fraction of sp³-hybridized carbons (Fsp3) is 0.647. The van der Waals surface area contributed by atoms with E-state index in [4.69, 9.17) is 21.7 Å². The molecule has 9 N–H and O–H groups in total. The van der Waals surface area contributed by atoms with Crippen LogP contribution in [0.25, 0.3) is 0 Å². The molecule has 0 heterocycles. The zero-order valence-corrected chi connectivity index (χ0v) is 18.1. The highest BCUT2D eigenvalue weighted by Crippen LogP contribution is 2.05. The van der Waals surface area contributed by atoms with Crippen LogP contribution in [0.3, 0.4) is 0 Å². The van der Waals surface area contributed by atoms with Crippen molar-refractivity contribution >= 4 is 47.3 Å². The third-order valence-corrected chi connectivity index (χ3v) is 4.66. The average molecular weight is 464 g/mol. The molecular weight excluding hydrogens is 434 g/mol. The van der Waals surface area contributed by atoms with E-state index in [9.17, 15) is 28.8 Å². The van der Waals surface area contributed by atoms with Gasteiger partial charge in [-0.1, -0.05) is 0 Å². The Hall–Kier alpha value is -2.87. The summed E-state index contributed by atoms with van der Waals surface area (Å²) in [7, 11) is 0. The van der Waals surface area contributed by atoms with Gasteiger partial charge < -0.3 is 37.6 Å². The van der Waals surface area contributed by atoms with E-state index in [2.05, 4.69) is 16.0 Å². The van der Waals surface area contributed by atoms with Gasteiger partial charge in [-0.15, -0.1) is 0 Å². The van der Waals surface area contributed by atoms with Crippen LogP contribution in [0.4, 0.5) is 0 Å². The van der Waals surface area contributed by atoms with Crippen molar-refractivity contribution in [1.82, 2.24) is 16.0 Å². The van der Waals surface area contributed by atoms with E-state index in [0.717, 1.165) is 0 Å². The Kier molecular flexibility index (Phi) is 12.9. The zero-order valence-electron chi connectivity index (χ0n) is 17.3. The standard InChI is InChI=1S/C17H29N5O8S/c1-8(17(29)30)20-15(27)10(3-4-12(19)23)22-16(28)11(5-6-31-2)21-14(26)9(18)7-13(24)25/h8-11H,3-7,18H2,1-2H3,(H2,19,23)(H,20,27)(H,21,26)(H,22,28)(H,24,25)(H,29,30). The average Bonchev–Trinajstić information content (AvgIpc) is 2.66. The van der Waals surface area contributed by atoms with Gasteiger partial charge in [0.1, 0.15) is 18.1 Å². The lowest BCUT2D eigenvalue weighted by Gasteiger charge is -2.24. The maximum Gasteiger partial charge on any atom is 0.325 e. The van der Waals surface area contributed by atoms with Crippen molar-refractivity contribution in [2.24, 2.45) is 11.5 Å². The van der Waals surface area contributed by atoms with Crippen LogP contribution in [-0.4, -0.2) is 82.0 Å². The topological polar surface area (TPSA) is 231 Å². The van der Waals surface area contributed by atoms with Gasteiger partial charge in [-0.3, -0.25) is 28.8 Å². The number of nitrogens with two attached hydrogens (primary N) is 2. The van der Waals surface area contributed by atoms with Gasteiger partial charge in [-0.2, -0.15) is 11.8 Å². The summed E-state index contributed by atoms with van der Waals surface area (Å²) >= 11 is 1.38. The Morgan fingerprint density at radius 3 is 1.90 bits per heavy atom. The third-order valence-electron chi connectivity index (χ3n) is 4.02. The Morgan fingerprint density at radius 2 is 1.42 bits per heavy atom. The van der Waals surface area contributed by atoms with Gasteiger partial charge >= 0.3 is 11.9 Å². The maximum absolute atomic E-state index is 12.7. The van der Waals surface area contributed by atoms with Gasteiger partial charge in [0, 0.05) is 6.42 Å². The molecule has 0 aromatic rings. The molecule has 0 fully saturated rings. The normalized spacial score (nSPS) is 14.4. The number of amides is 4. The fourth-order valence-electron chi connectivity index (χ4n) is 2.27. The highest BCUT2D eigenvalue weighted by molar-refractivity contribution is 7.98. The number of carboxylic acids is 2. The number of hydrogen-bond donors (Lipinski definition) is 7. The minimum atomic E-state index is -1.38. The molecule has 13 nitrogen and oxygen atoms in total. The Morgan fingerprint density at radius 1 is 0.903 bits per heavy atom. The summed E-state index contributed by atoms with van der Waals surface area (Å²) in [6.45, 7) is 1.22. The summed E-state index contributed by atoms with van der Waals surface area (Å²) in [5.74, 6) is -5.36. The summed E-state index contributed by atoms with van der Waals surface area (Å²) in [5, 5.41) is 24.6. The molecule has 0 aliphatic heterocycles. The number of carbonyl (C=O) groups is 6. The summed E-state index contributed by atoms with van der Waals surface area (Å²) in [4.78, 5) is 70.0. The number of carbonyl (C=O) groups excluding carboxylic acids is 4. The molecule has 0 radical (unpaired) electrons. The molecule has 14 heteroatoms. The van der Waals surface area contributed by atoms with E-state index in [1.165, 1.54) is 18.7 Å². The Bertz CT molecular complexity index is 689. The first-order valence-electron chi connectivity index (χ1n) is 9.27. The van der Waals surface area contributed by atoms with Gasteiger partial charge in [0.05, 0.1) is 12.5 Å².